The molecule has 0 spiro atoms. The number of nitrogens with one attached hydrogen (secondary N) is 8. The summed E-state index contributed by atoms with van der Waals surface area (Å²) in [7, 11) is 0. The molecule has 0 heterocycles. The molecule has 640 valence electrons. The molecule has 1 aliphatic carbocycles. The van der Waals surface area contributed by atoms with Gasteiger partial charge in [-0.15, -0.1) is 0 Å². The van der Waals surface area contributed by atoms with Crippen molar-refractivity contribution in [2.75, 3.05) is 6.61 Å². The Balaban J connectivity index is 2.36. The number of hydrogen-bond acceptors (Lipinski definition) is 26. The van der Waals surface area contributed by atoms with E-state index in [0.717, 1.165) is 22.3 Å². The third-order valence-corrected chi connectivity index (χ3v) is 14.9. The van der Waals surface area contributed by atoms with E-state index in [1.165, 1.54) is 166 Å². The maximum absolute atomic E-state index is 15.3. The summed E-state index contributed by atoms with van der Waals surface area (Å²) in [5, 5.41) is 28.5. The molecule has 3 unspecified atom stereocenters. The fraction of sp³-hybridized carbons (Fsp3) is 0.637. The lowest BCUT2D eigenvalue weighted by Crippen LogP contribution is -2.59. The highest BCUT2D eigenvalue weighted by molar-refractivity contribution is 6.01. The Hall–Kier alpha value is -10.8. The van der Waals surface area contributed by atoms with Crippen molar-refractivity contribution in [2.45, 2.75) is 323 Å². The van der Waals surface area contributed by atoms with E-state index < -0.39 is 258 Å². The second-order valence-electron chi connectivity index (χ2n) is 35.5. The van der Waals surface area contributed by atoms with E-state index in [2.05, 4.69) is 42.5 Å². The SMILES string of the molecule is CC(C)(C)OC(=O)CC(NC(=O)CC(NC(=O)C[C@H](NC(=O)CC[C@H](NC(=O)OCC1c2ccccc2-c2ccccc21)C(=O)O)C(=O)N[C@@H](CC(=O)NC(CC(=O)OC(C)(C)C)C(=O)OC(C)(C)C)C(=O)N[C@@H](CC(=O)OC(C)(C)C)C(=O)OC(C)(C)C)C(=O)N[C@@H](CC(=O)OC(C)(C)C)C(=O)OC(C)(C)C)C(=O)OC(C)(C)C. The van der Waals surface area contributed by atoms with Crippen LogP contribution in [0.25, 0.3) is 11.1 Å². The minimum Gasteiger partial charge on any atom is -0.480 e. The van der Waals surface area contributed by atoms with Gasteiger partial charge < -0.3 is 90.3 Å². The third kappa shape index (κ3) is 38.7. The summed E-state index contributed by atoms with van der Waals surface area (Å²) in [5.74, 6) is -21.2. The number of carbonyl (C=O) groups excluding carboxylic acids is 16. The summed E-state index contributed by atoms with van der Waals surface area (Å²) >= 11 is 0. The Bertz CT molecular complexity index is 3840. The van der Waals surface area contributed by atoms with Gasteiger partial charge in [0.1, 0.15) is 99.8 Å². The van der Waals surface area contributed by atoms with Crippen molar-refractivity contribution in [1.82, 2.24) is 42.5 Å². The molecule has 2 aromatic rings. The van der Waals surface area contributed by atoms with Gasteiger partial charge in [0.15, 0.2) is 0 Å². The van der Waals surface area contributed by atoms with Gasteiger partial charge in [-0.1, -0.05) is 48.5 Å². The number of fused-ring (bicyclic) bond motifs is 3. The van der Waals surface area contributed by atoms with Gasteiger partial charge in [-0.3, -0.25) is 52.7 Å². The molecule has 0 radical (unpaired) electrons. The molecule has 0 aromatic heterocycles. The lowest BCUT2D eigenvalue weighted by atomic mass is 9.98. The zero-order chi connectivity index (χ0) is 88.1. The zero-order valence-electron chi connectivity index (χ0n) is 70.4. The van der Waals surface area contributed by atoms with E-state index in [1.807, 2.05) is 36.4 Å². The molecule has 115 heavy (non-hydrogen) atoms. The number of ether oxygens (including phenoxy) is 9. The normalized spacial score (nSPS) is 14.6. The third-order valence-electron chi connectivity index (χ3n) is 14.9. The van der Waals surface area contributed by atoms with E-state index in [9.17, 15) is 77.0 Å². The first-order valence-corrected chi connectivity index (χ1v) is 37.6. The first-order chi connectivity index (χ1) is 52.3. The summed E-state index contributed by atoms with van der Waals surface area (Å²) in [4.78, 5) is 239. The molecule has 1 aliphatic rings. The first kappa shape index (κ1) is 98.4. The van der Waals surface area contributed by atoms with Gasteiger partial charge in [0.05, 0.1) is 44.9 Å². The number of esters is 8. The van der Waals surface area contributed by atoms with Crippen molar-refractivity contribution < 1.29 is 129 Å². The fourth-order valence-electron chi connectivity index (χ4n) is 10.8. The van der Waals surface area contributed by atoms with Crippen LogP contribution in [0.1, 0.15) is 241 Å². The fourth-order valence-corrected chi connectivity index (χ4v) is 10.8. The molecule has 2 aromatic carbocycles. The Morgan fingerprint density at radius 1 is 0.304 bits per heavy atom. The minimum atomic E-state index is -2.39. The number of carboxylic acids is 1. The average Bonchev–Trinajstić information content (AvgIpc) is 1.62. The molecule has 3 rings (SSSR count). The van der Waals surface area contributed by atoms with Crippen LogP contribution >= 0.6 is 0 Å². The number of hydrogen-bond donors (Lipinski definition) is 9. The Kier molecular flexibility index (Phi) is 35.1. The summed E-state index contributed by atoms with van der Waals surface area (Å²) in [6.07, 6.45) is -10.5. The highest BCUT2D eigenvalue weighted by atomic mass is 16.6. The van der Waals surface area contributed by atoms with Crippen molar-refractivity contribution in [3.05, 3.63) is 59.7 Å². The summed E-state index contributed by atoms with van der Waals surface area (Å²) in [6.45, 7) is 35.4. The van der Waals surface area contributed by atoms with E-state index >= 15 is 9.59 Å². The van der Waals surface area contributed by atoms with Gasteiger partial charge in [-0.05, 0) is 195 Å². The number of amides is 8. The van der Waals surface area contributed by atoms with Gasteiger partial charge in [0.25, 0.3) is 0 Å². The Morgan fingerprint density at radius 2 is 0.548 bits per heavy atom. The molecule has 8 atom stereocenters. The van der Waals surface area contributed by atoms with Gasteiger partial charge in [0.2, 0.25) is 41.4 Å². The standard InChI is InChI=1S/C80H118N8O27/c1-73(2,3)108-60(93)38-52(68(102)112-77(13,14)15)83-58(91)36-50(65(98)86-54(70(104)114-79(19,20)21)40-62(95)110-75(7,8)9)82-57(90)35-49(81-56(89)34-33-48(67(100)101)88-72(106)107-42-47-45-31-27-25-29-43(45)44-30-26-28-32-46(44)47)64(97)85-51(66(99)87-55(71(105)115-80(22,23)24)41-63(96)111-76(10,11)12)37-59(92)84-53(69(103)113-78(16,17)18)39-61(94)109-74(4,5)6/h25-32,47-55H,33-42H2,1-24H3,(H,81,89)(H,82,90)(H,83,91)(H,84,92)(H,85,97)(H,86,98)(H,87,99)(H,88,106)(H,100,101)/t48-,49-,50?,51-,52?,53?,54-,55-/m0/s1. The average molecular weight is 1620 g/mol. The van der Waals surface area contributed by atoms with Crippen LogP contribution in [0.2, 0.25) is 0 Å². The van der Waals surface area contributed by atoms with E-state index in [4.69, 9.17) is 42.6 Å². The summed E-state index contributed by atoms with van der Waals surface area (Å²) < 4.78 is 49.4. The largest absolute Gasteiger partial charge is 0.480 e. The van der Waals surface area contributed by atoms with Crippen LogP contribution in [0, 0.1) is 0 Å². The summed E-state index contributed by atoms with van der Waals surface area (Å²) in [6, 6.07) is -1.91. The Labute approximate surface area is 670 Å². The van der Waals surface area contributed by atoms with Crippen LogP contribution in [0.3, 0.4) is 0 Å². The van der Waals surface area contributed by atoms with E-state index in [0.29, 0.717) is 0 Å². The zero-order valence-corrected chi connectivity index (χ0v) is 70.4. The number of alkyl carbamates (subject to hydrolysis) is 1. The van der Waals surface area contributed by atoms with Crippen LogP contribution < -0.4 is 42.5 Å². The van der Waals surface area contributed by atoms with Crippen molar-refractivity contribution in [3.63, 3.8) is 0 Å². The first-order valence-electron chi connectivity index (χ1n) is 37.6. The molecule has 0 aliphatic heterocycles. The monoisotopic (exact) mass is 1620 g/mol. The van der Waals surface area contributed by atoms with Gasteiger partial charge in [-0.2, -0.15) is 0 Å². The molecule has 0 saturated carbocycles. The molecule has 9 N–H and O–H groups in total. The molecule has 35 nitrogen and oxygen atoms in total. The van der Waals surface area contributed by atoms with Crippen LogP contribution in [-0.2, 0) is 119 Å². The predicted molar refractivity (Wildman–Crippen MR) is 411 cm³/mol. The second kappa shape index (κ2) is 41.0. The predicted octanol–water partition coefficient (Wildman–Crippen LogP) is 5.62. The maximum Gasteiger partial charge on any atom is 0.407 e. The van der Waals surface area contributed by atoms with E-state index in [-0.39, 0.29) is 6.61 Å². The summed E-state index contributed by atoms with van der Waals surface area (Å²) in [5.41, 5.74) is -6.24. The highest BCUT2D eigenvalue weighted by Gasteiger charge is 2.42. The molecule has 0 fully saturated rings. The number of benzene rings is 2. The van der Waals surface area contributed by atoms with Gasteiger partial charge >= 0.3 is 59.8 Å². The van der Waals surface area contributed by atoms with Crippen LogP contribution in [-0.4, -0.2) is 206 Å². The van der Waals surface area contributed by atoms with Crippen molar-refractivity contribution in [3.8, 4) is 11.1 Å². The molecule has 8 amide bonds. The van der Waals surface area contributed by atoms with Crippen molar-refractivity contribution in [2.24, 2.45) is 0 Å². The highest BCUT2D eigenvalue weighted by Crippen LogP contribution is 2.44. The van der Waals surface area contributed by atoms with E-state index in [1.54, 1.807) is 12.1 Å². The smallest absolute Gasteiger partial charge is 0.407 e. The number of carbonyl (C=O) groups is 17. The molecule has 0 saturated heterocycles. The van der Waals surface area contributed by atoms with Crippen LogP contribution in [0.15, 0.2) is 48.5 Å². The topological polar surface area (TPSA) is 490 Å². The molecular formula is C80H118N8O27. The lowest BCUT2D eigenvalue weighted by Gasteiger charge is -2.29. The quantitative estimate of drug-likeness (QED) is 0.0299. The second-order valence-corrected chi connectivity index (χ2v) is 35.5. The molecule has 35 heteroatoms. The maximum atomic E-state index is 15.3. The number of rotatable bonds is 35. The van der Waals surface area contributed by atoms with Gasteiger partial charge in [0, 0.05) is 12.3 Å². The number of aliphatic carboxylic acids is 1. The van der Waals surface area contributed by atoms with Crippen LogP contribution in [0.5, 0.6) is 0 Å². The minimum absolute atomic E-state index is 0.266. The van der Waals surface area contributed by atoms with Crippen molar-refractivity contribution in [1.29, 1.82) is 0 Å². The molecule has 0 bridgehead atoms. The van der Waals surface area contributed by atoms with Crippen LogP contribution in [0.4, 0.5) is 4.79 Å². The molecular weight excluding hydrogens is 1500 g/mol. The van der Waals surface area contributed by atoms with Gasteiger partial charge in [-0.25, -0.2) is 28.8 Å². The lowest BCUT2D eigenvalue weighted by molar-refractivity contribution is -0.165. The number of carboxylic acid groups (broad SMARTS) is 1. The van der Waals surface area contributed by atoms with Crippen molar-refractivity contribution >= 4 is 101 Å². The Morgan fingerprint density at radius 3 is 0.826 bits per heavy atom.